The predicted octanol–water partition coefficient (Wildman–Crippen LogP) is 5.05. The van der Waals surface area contributed by atoms with Gasteiger partial charge in [-0.3, -0.25) is 14.5 Å². The van der Waals surface area contributed by atoms with Crippen molar-refractivity contribution in [3.05, 3.63) is 89.0 Å². The molecule has 0 saturated carbocycles. The number of amides is 1. The highest BCUT2D eigenvalue weighted by atomic mass is 19.4. The van der Waals surface area contributed by atoms with Crippen LogP contribution >= 0.6 is 0 Å². The van der Waals surface area contributed by atoms with E-state index in [1.165, 1.54) is 50.6 Å². The number of carbonyl (C=O) groups excluding carboxylic acids is 2. The number of methoxy groups -OCH3 is 2. The van der Waals surface area contributed by atoms with Gasteiger partial charge < -0.3 is 19.7 Å². The Balaban J connectivity index is 1.98. The van der Waals surface area contributed by atoms with E-state index >= 15 is 0 Å². The molecule has 7 nitrogen and oxygen atoms in total. The van der Waals surface area contributed by atoms with E-state index in [0.717, 1.165) is 29.2 Å². The number of phenols is 1. The number of ether oxygens (including phenoxy) is 2. The molecule has 0 bridgehead atoms. The van der Waals surface area contributed by atoms with Crippen LogP contribution in [0.15, 0.2) is 72.3 Å². The smallest absolute Gasteiger partial charge is 0.416 e. The number of ketones is 1. The third-order valence-corrected chi connectivity index (χ3v) is 5.77. The normalized spacial score (nSPS) is 17.4. The molecule has 1 atom stereocenters. The van der Waals surface area contributed by atoms with E-state index in [4.69, 9.17) is 9.47 Å². The Morgan fingerprint density at radius 1 is 0.917 bits per heavy atom. The van der Waals surface area contributed by atoms with E-state index in [1.54, 1.807) is 6.07 Å². The number of rotatable bonds is 5. The van der Waals surface area contributed by atoms with Crippen molar-refractivity contribution in [2.45, 2.75) is 12.2 Å². The third kappa shape index (κ3) is 4.21. The number of hydrogen-bond acceptors (Lipinski definition) is 6. The van der Waals surface area contributed by atoms with Gasteiger partial charge in [-0.05, 0) is 54.1 Å². The summed E-state index contributed by atoms with van der Waals surface area (Å²) < 4.78 is 49.9. The van der Waals surface area contributed by atoms with Crippen molar-refractivity contribution >= 4 is 23.1 Å². The van der Waals surface area contributed by atoms with E-state index in [0.29, 0.717) is 0 Å². The fourth-order valence-corrected chi connectivity index (χ4v) is 4.14. The fourth-order valence-electron chi connectivity index (χ4n) is 4.14. The molecule has 1 amide bonds. The van der Waals surface area contributed by atoms with Crippen LogP contribution in [-0.4, -0.2) is 36.1 Å². The Kier molecular flexibility index (Phi) is 6.36. The zero-order valence-electron chi connectivity index (χ0n) is 19.0. The molecule has 1 fully saturated rings. The highest BCUT2D eigenvalue weighted by molar-refractivity contribution is 6.51. The summed E-state index contributed by atoms with van der Waals surface area (Å²) in [4.78, 5) is 27.4. The summed E-state index contributed by atoms with van der Waals surface area (Å²) >= 11 is 0. The minimum atomic E-state index is -4.60. The van der Waals surface area contributed by atoms with Crippen LogP contribution in [-0.2, 0) is 15.8 Å². The average Bonchev–Trinajstić information content (AvgIpc) is 3.13. The minimum absolute atomic E-state index is 0.00974. The van der Waals surface area contributed by atoms with Gasteiger partial charge in [0.1, 0.15) is 28.6 Å². The first-order valence-electron chi connectivity index (χ1n) is 10.6. The Hall–Kier alpha value is -4.47. The molecule has 1 heterocycles. The first-order valence-corrected chi connectivity index (χ1v) is 10.6. The van der Waals surface area contributed by atoms with Crippen LogP contribution in [0.2, 0.25) is 0 Å². The number of halogens is 3. The first kappa shape index (κ1) is 24.6. The Labute approximate surface area is 203 Å². The molecule has 1 saturated heterocycles. The lowest BCUT2D eigenvalue weighted by molar-refractivity contribution is -0.137. The zero-order valence-corrected chi connectivity index (χ0v) is 19.0. The SMILES string of the molecule is COc1cccc(OC)c1/C(O)=C1\C(=O)C(=O)N(c2ccc(C(F)(F)F)cc2)C1c1cccc(O)c1. The average molecular weight is 499 g/mol. The standard InChI is InChI=1S/C26H20F3NO6/c1-35-18-7-4-8-19(36-2)20(18)23(32)21-22(14-5-3-6-17(31)13-14)30(25(34)24(21)33)16-11-9-15(10-12-16)26(27,28)29/h3-13,22,31-32H,1-2H3/b23-21+. The Bertz CT molecular complexity index is 1340. The molecule has 0 aromatic heterocycles. The molecule has 0 radical (unpaired) electrons. The van der Waals surface area contributed by atoms with Crippen LogP contribution in [0.3, 0.4) is 0 Å². The molecule has 4 rings (SSSR count). The topological polar surface area (TPSA) is 96.3 Å². The van der Waals surface area contributed by atoms with Crippen LogP contribution in [0.5, 0.6) is 17.2 Å². The summed E-state index contributed by atoms with van der Waals surface area (Å²) in [6, 6.07) is 12.7. The van der Waals surface area contributed by atoms with Gasteiger partial charge in [-0.1, -0.05) is 18.2 Å². The van der Waals surface area contributed by atoms with Gasteiger partial charge in [-0.2, -0.15) is 13.2 Å². The van der Waals surface area contributed by atoms with Crippen molar-refractivity contribution in [2.75, 3.05) is 19.1 Å². The van der Waals surface area contributed by atoms with Gasteiger partial charge in [0.2, 0.25) is 0 Å². The number of anilines is 1. The van der Waals surface area contributed by atoms with Crippen molar-refractivity contribution in [3.63, 3.8) is 0 Å². The molecule has 1 unspecified atom stereocenters. The second kappa shape index (κ2) is 9.29. The molecule has 36 heavy (non-hydrogen) atoms. The summed E-state index contributed by atoms with van der Waals surface area (Å²) in [5.41, 5.74) is -1.05. The maximum absolute atomic E-state index is 13.3. The summed E-state index contributed by atoms with van der Waals surface area (Å²) in [5, 5.41) is 21.4. The fraction of sp³-hybridized carbons (Fsp3) is 0.154. The maximum Gasteiger partial charge on any atom is 0.416 e. The molecule has 186 valence electrons. The number of phenolic OH excluding ortho intramolecular Hbond substituents is 1. The minimum Gasteiger partial charge on any atom is -0.508 e. The predicted molar refractivity (Wildman–Crippen MR) is 124 cm³/mol. The largest absolute Gasteiger partial charge is 0.508 e. The number of alkyl halides is 3. The molecule has 0 spiro atoms. The molecular weight excluding hydrogens is 479 g/mol. The van der Waals surface area contributed by atoms with Gasteiger partial charge in [0.15, 0.2) is 0 Å². The van der Waals surface area contributed by atoms with Crippen LogP contribution < -0.4 is 14.4 Å². The quantitative estimate of drug-likeness (QED) is 0.290. The second-order valence-corrected chi connectivity index (χ2v) is 7.85. The Morgan fingerprint density at radius 2 is 1.50 bits per heavy atom. The van der Waals surface area contributed by atoms with Gasteiger partial charge in [0.05, 0.1) is 31.4 Å². The van der Waals surface area contributed by atoms with Crippen LogP contribution in [0, 0.1) is 0 Å². The van der Waals surface area contributed by atoms with Crippen molar-refractivity contribution in [1.29, 1.82) is 0 Å². The zero-order chi connectivity index (χ0) is 26.2. The van der Waals surface area contributed by atoms with E-state index < -0.39 is 35.2 Å². The van der Waals surface area contributed by atoms with Gasteiger partial charge >= 0.3 is 6.18 Å². The van der Waals surface area contributed by atoms with Gasteiger partial charge in [-0.25, -0.2) is 0 Å². The van der Waals surface area contributed by atoms with Gasteiger partial charge in [0, 0.05) is 5.69 Å². The summed E-state index contributed by atoms with van der Waals surface area (Å²) in [7, 11) is 2.69. The highest BCUT2D eigenvalue weighted by Gasteiger charge is 2.47. The number of hydrogen-bond donors (Lipinski definition) is 2. The monoisotopic (exact) mass is 499 g/mol. The number of aliphatic hydroxyl groups is 1. The van der Waals surface area contributed by atoms with E-state index in [1.807, 2.05) is 0 Å². The lowest BCUT2D eigenvalue weighted by Crippen LogP contribution is -2.29. The number of nitrogens with zero attached hydrogens (tertiary/aromatic N) is 1. The van der Waals surface area contributed by atoms with E-state index in [9.17, 15) is 33.0 Å². The van der Waals surface area contributed by atoms with E-state index in [-0.39, 0.29) is 39.6 Å². The van der Waals surface area contributed by atoms with Gasteiger partial charge in [-0.15, -0.1) is 0 Å². The maximum atomic E-state index is 13.3. The van der Waals surface area contributed by atoms with Crippen LogP contribution in [0.1, 0.15) is 22.7 Å². The van der Waals surface area contributed by atoms with Crippen molar-refractivity contribution in [2.24, 2.45) is 0 Å². The molecule has 10 heteroatoms. The summed E-state index contributed by atoms with van der Waals surface area (Å²) in [5.74, 6) is -2.62. The second-order valence-electron chi connectivity index (χ2n) is 7.85. The van der Waals surface area contributed by atoms with Gasteiger partial charge in [0.25, 0.3) is 11.7 Å². The van der Waals surface area contributed by atoms with Crippen molar-refractivity contribution < 1.29 is 42.4 Å². The molecule has 3 aromatic carbocycles. The Morgan fingerprint density at radius 3 is 2.03 bits per heavy atom. The molecule has 1 aliphatic rings. The molecular formula is C26H20F3NO6. The number of carbonyl (C=O) groups is 2. The van der Waals surface area contributed by atoms with Crippen LogP contribution in [0.4, 0.5) is 18.9 Å². The number of aliphatic hydroxyl groups excluding tert-OH is 1. The summed E-state index contributed by atoms with van der Waals surface area (Å²) in [6.45, 7) is 0. The number of aromatic hydroxyl groups is 1. The number of benzene rings is 3. The molecule has 0 aliphatic carbocycles. The molecule has 3 aromatic rings. The molecule has 1 aliphatic heterocycles. The summed E-state index contributed by atoms with van der Waals surface area (Å²) in [6.07, 6.45) is -4.60. The lowest BCUT2D eigenvalue weighted by Gasteiger charge is -2.26. The van der Waals surface area contributed by atoms with Crippen LogP contribution in [0.25, 0.3) is 5.76 Å². The first-order chi connectivity index (χ1) is 17.1. The lowest BCUT2D eigenvalue weighted by atomic mass is 9.94. The third-order valence-electron chi connectivity index (χ3n) is 5.77. The number of Topliss-reactive ketones (excluding diaryl/α,β-unsaturated/α-hetero) is 1. The van der Waals surface area contributed by atoms with Crippen molar-refractivity contribution in [3.8, 4) is 17.2 Å². The molecule has 2 N–H and O–H groups in total. The van der Waals surface area contributed by atoms with Crippen molar-refractivity contribution in [1.82, 2.24) is 0 Å². The highest BCUT2D eigenvalue weighted by Crippen LogP contribution is 2.45. The van der Waals surface area contributed by atoms with E-state index in [2.05, 4.69) is 0 Å².